The van der Waals surface area contributed by atoms with Crippen molar-refractivity contribution < 1.29 is 9.90 Å². The van der Waals surface area contributed by atoms with Gasteiger partial charge in [-0.3, -0.25) is 4.79 Å². The molecular weight excluding hydrogens is 373 g/mol. The van der Waals surface area contributed by atoms with Crippen molar-refractivity contribution in [2.45, 2.75) is 32.7 Å². The van der Waals surface area contributed by atoms with Crippen LogP contribution in [0.25, 0.3) is 0 Å². The third kappa shape index (κ3) is 3.25. The smallest absolute Gasteiger partial charge is 0.308 e. The lowest BCUT2D eigenvalue weighted by Gasteiger charge is -2.39. The van der Waals surface area contributed by atoms with Crippen molar-refractivity contribution in [2.24, 2.45) is 5.92 Å². The summed E-state index contributed by atoms with van der Waals surface area (Å²) in [7, 11) is 0. The monoisotopic (exact) mass is 389 g/mol. The van der Waals surface area contributed by atoms with E-state index in [4.69, 9.17) is 23.2 Å². The summed E-state index contributed by atoms with van der Waals surface area (Å²) in [5.74, 6) is -1.18. The summed E-state index contributed by atoms with van der Waals surface area (Å²) in [6.45, 7) is 4.76. The van der Waals surface area contributed by atoms with Gasteiger partial charge in [0.15, 0.2) is 0 Å². The summed E-state index contributed by atoms with van der Waals surface area (Å²) >= 11 is 15.5. The molecule has 23 heavy (non-hydrogen) atoms. The van der Waals surface area contributed by atoms with E-state index in [9.17, 15) is 9.90 Å². The summed E-state index contributed by atoms with van der Waals surface area (Å²) in [5, 5.41) is 10.7. The fourth-order valence-electron chi connectivity index (χ4n) is 3.07. The Kier molecular flexibility index (Phi) is 4.93. The topological polar surface area (TPSA) is 40.5 Å². The number of hydrogen-bond acceptors (Lipinski definition) is 4. The van der Waals surface area contributed by atoms with Crippen LogP contribution in [0.3, 0.4) is 0 Å². The zero-order valence-corrected chi connectivity index (χ0v) is 16.0. The van der Waals surface area contributed by atoms with Gasteiger partial charge in [0.05, 0.1) is 25.6 Å². The number of carboxylic acid groups (broad SMARTS) is 1. The number of rotatable bonds is 3. The van der Waals surface area contributed by atoms with Gasteiger partial charge in [0.25, 0.3) is 0 Å². The van der Waals surface area contributed by atoms with Gasteiger partial charge in [-0.25, -0.2) is 0 Å². The quantitative estimate of drug-likeness (QED) is 0.723. The highest BCUT2D eigenvalue weighted by atomic mass is 35.5. The largest absolute Gasteiger partial charge is 0.481 e. The van der Waals surface area contributed by atoms with Crippen LogP contribution < -0.4 is 4.90 Å². The minimum atomic E-state index is -0.749. The minimum absolute atomic E-state index is 0.188. The molecule has 1 N–H and O–H groups in total. The first-order valence-corrected chi connectivity index (χ1v) is 9.78. The molecule has 1 aliphatic rings. The standard InChI is InChI=1S/C16H17Cl2NO2S2/c1-8-6-11(22-14(8)17)13-10(16(20)21)4-3-5-19(13)12-7-9(2)15(18)23-12/h6-7,10,13H,3-5H2,1-2H3,(H,20,21). The second-order valence-electron chi connectivity index (χ2n) is 5.87. The predicted octanol–water partition coefficient (Wildman–Crippen LogP) is 5.78. The minimum Gasteiger partial charge on any atom is -0.481 e. The lowest BCUT2D eigenvalue weighted by molar-refractivity contribution is -0.143. The molecule has 3 heterocycles. The zero-order chi connectivity index (χ0) is 16.7. The predicted molar refractivity (Wildman–Crippen MR) is 98.6 cm³/mol. The van der Waals surface area contributed by atoms with E-state index in [-0.39, 0.29) is 6.04 Å². The number of carbonyl (C=O) groups is 1. The number of halogens is 2. The molecule has 124 valence electrons. The molecule has 1 saturated heterocycles. The maximum atomic E-state index is 11.8. The average molecular weight is 390 g/mol. The molecule has 0 aliphatic carbocycles. The molecule has 3 nitrogen and oxygen atoms in total. The molecule has 2 aromatic rings. The van der Waals surface area contributed by atoms with Gasteiger partial charge in [-0.05, 0) is 49.9 Å². The lowest BCUT2D eigenvalue weighted by atomic mass is 9.88. The fraction of sp³-hybridized carbons (Fsp3) is 0.438. The summed E-state index contributed by atoms with van der Waals surface area (Å²) in [6, 6.07) is 3.88. The van der Waals surface area contributed by atoms with Crippen LogP contribution in [0.5, 0.6) is 0 Å². The molecular formula is C16H17Cl2NO2S2. The maximum Gasteiger partial charge on any atom is 0.308 e. The molecule has 0 amide bonds. The Morgan fingerprint density at radius 1 is 1.22 bits per heavy atom. The van der Waals surface area contributed by atoms with Crippen LogP contribution >= 0.6 is 45.9 Å². The Balaban J connectivity index is 2.06. The Morgan fingerprint density at radius 3 is 2.39 bits per heavy atom. The molecule has 2 aromatic heterocycles. The number of aliphatic carboxylic acids is 1. The van der Waals surface area contributed by atoms with Gasteiger partial charge in [-0.2, -0.15) is 0 Å². The van der Waals surface area contributed by atoms with Gasteiger partial charge in [0, 0.05) is 11.4 Å². The highest BCUT2D eigenvalue weighted by molar-refractivity contribution is 7.20. The van der Waals surface area contributed by atoms with Crippen LogP contribution in [0.1, 0.15) is 34.9 Å². The molecule has 1 aliphatic heterocycles. The summed E-state index contributed by atoms with van der Waals surface area (Å²) < 4.78 is 1.49. The average Bonchev–Trinajstić information content (AvgIpc) is 3.01. The highest BCUT2D eigenvalue weighted by Gasteiger charge is 2.39. The molecule has 7 heteroatoms. The molecule has 2 unspecified atom stereocenters. The van der Waals surface area contributed by atoms with Gasteiger partial charge in [-0.15, -0.1) is 22.7 Å². The van der Waals surface area contributed by atoms with E-state index in [0.29, 0.717) is 6.42 Å². The Morgan fingerprint density at radius 2 is 1.87 bits per heavy atom. The third-order valence-corrected chi connectivity index (χ3v) is 7.46. The zero-order valence-electron chi connectivity index (χ0n) is 12.8. The molecule has 0 spiro atoms. The first kappa shape index (κ1) is 17.1. The maximum absolute atomic E-state index is 11.8. The van der Waals surface area contributed by atoms with E-state index in [1.54, 1.807) is 0 Å². The molecule has 0 bridgehead atoms. The van der Waals surface area contributed by atoms with Crippen molar-refractivity contribution in [1.29, 1.82) is 0 Å². The summed E-state index contributed by atoms with van der Waals surface area (Å²) in [4.78, 5) is 15.0. The van der Waals surface area contributed by atoms with Gasteiger partial charge in [0.2, 0.25) is 0 Å². The number of nitrogens with zero attached hydrogens (tertiary/aromatic N) is 1. The first-order valence-electron chi connectivity index (χ1n) is 7.39. The van der Waals surface area contributed by atoms with E-state index >= 15 is 0 Å². The highest BCUT2D eigenvalue weighted by Crippen LogP contribution is 2.46. The summed E-state index contributed by atoms with van der Waals surface area (Å²) in [5.41, 5.74) is 2.03. The Labute approximate surface area is 153 Å². The van der Waals surface area contributed by atoms with Crippen molar-refractivity contribution >= 4 is 56.8 Å². The second-order valence-corrected chi connectivity index (χ2v) is 9.19. The number of piperidine rings is 1. The van der Waals surface area contributed by atoms with E-state index in [1.165, 1.54) is 22.7 Å². The molecule has 0 saturated carbocycles. The van der Waals surface area contributed by atoms with Crippen molar-refractivity contribution in [2.75, 3.05) is 11.4 Å². The SMILES string of the molecule is Cc1cc(C2C(C(=O)O)CCCN2c2cc(C)c(Cl)s2)sc1Cl. The third-order valence-electron chi connectivity index (χ3n) is 4.24. The van der Waals surface area contributed by atoms with E-state index in [0.717, 1.165) is 42.6 Å². The van der Waals surface area contributed by atoms with Crippen molar-refractivity contribution in [3.63, 3.8) is 0 Å². The number of carboxylic acids is 1. The Hall–Kier alpha value is -0.750. The summed E-state index contributed by atoms with van der Waals surface area (Å²) in [6.07, 6.45) is 1.54. The number of hydrogen-bond donors (Lipinski definition) is 1. The fourth-order valence-corrected chi connectivity index (χ4v) is 5.72. The van der Waals surface area contributed by atoms with Crippen LogP contribution in [0.15, 0.2) is 12.1 Å². The van der Waals surface area contributed by atoms with Crippen LogP contribution in [0, 0.1) is 19.8 Å². The molecule has 1 fully saturated rings. The molecule has 3 rings (SSSR count). The van der Waals surface area contributed by atoms with Gasteiger partial charge >= 0.3 is 5.97 Å². The van der Waals surface area contributed by atoms with Crippen molar-refractivity contribution in [1.82, 2.24) is 0 Å². The number of aryl methyl sites for hydroxylation is 2. The van der Waals surface area contributed by atoms with Crippen LogP contribution in [-0.2, 0) is 4.79 Å². The van der Waals surface area contributed by atoms with Crippen LogP contribution in [0.4, 0.5) is 5.00 Å². The van der Waals surface area contributed by atoms with Crippen molar-refractivity contribution in [3.05, 3.63) is 36.8 Å². The van der Waals surface area contributed by atoms with E-state index < -0.39 is 11.9 Å². The van der Waals surface area contributed by atoms with Crippen LogP contribution in [-0.4, -0.2) is 17.6 Å². The first-order chi connectivity index (χ1) is 10.9. The van der Waals surface area contributed by atoms with Gasteiger partial charge < -0.3 is 10.0 Å². The van der Waals surface area contributed by atoms with E-state index in [2.05, 4.69) is 4.90 Å². The van der Waals surface area contributed by atoms with Crippen molar-refractivity contribution in [3.8, 4) is 0 Å². The van der Waals surface area contributed by atoms with E-state index in [1.807, 2.05) is 26.0 Å². The Bertz CT molecular complexity index is 702. The number of anilines is 1. The lowest BCUT2D eigenvalue weighted by Crippen LogP contribution is -2.41. The van der Waals surface area contributed by atoms with Crippen LogP contribution in [0.2, 0.25) is 8.67 Å². The number of thiophene rings is 2. The molecule has 0 radical (unpaired) electrons. The van der Waals surface area contributed by atoms with Gasteiger partial charge in [-0.1, -0.05) is 23.2 Å². The normalized spacial score (nSPS) is 21.7. The second kappa shape index (κ2) is 6.63. The molecule has 0 aromatic carbocycles. The van der Waals surface area contributed by atoms with Gasteiger partial charge in [0.1, 0.15) is 0 Å². The molecule has 2 atom stereocenters.